The van der Waals surface area contributed by atoms with Crippen molar-refractivity contribution >= 4 is 11.4 Å². The van der Waals surface area contributed by atoms with E-state index < -0.39 is 0 Å². The van der Waals surface area contributed by atoms with Crippen molar-refractivity contribution in [3.05, 3.63) is 54.1 Å². The summed E-state index contributed by atoms with van der Waals surface area (Å²) in [4.78, 5) is 2.48. The van der Waals surface area contributed by atoms with Crippen molar-refractivity contribution in [1.82, 2.24) is 0 Å². The minimum absolute atomic E-state index is 0.0322. The van der Waals surface area contributed by atoms with Gasteiger partial charge in [-0.1, -0.05) is 12.1 Å². The summed E-state index contributed by atoms with van der Waals surface area (Å²) < 4.78 is 5.39. The molecule has 0 amide bonds. The molecular weight excluding hydrogens is 312 g/mol. The molecule has 0 aromatic heterocycles. The summed E-state index contributed by atoms with van der Waals surface area (Å²) in [5.74, 6) is 0.776. The molecule has 1 atom stereocenters. The molecular formula is C21H28N2O2. The van der Waals surface area contributed by atoms with Gasteiger partial charge in [0.1, 0.15) is 12.4 Å². The number of ether oxygens (including phenoxy) is 1. The van der Waals surface area contributed by atoms with E-state index in [-0.39, 0.29) is 12.6 Å². The molecule has 0 spiro atoms. The quantitative estimate of drug-likeness (QED) is 0.792. The van der Waals surface area contributed by atoms with Gasteiger partial charge >= 0.3 is 0 Å². The van der Waals surface area contributed by atoms with Gasteiger partial charge in [-0.15, -0.1) is 0 Å². The molecule has 2 N–H and O–H groups in total. The number of hydrogen-bond donors (Lipinski definition) is 2. The van der Waals surface area contributed by atoms with E-state index in [4.69, 9.17) is 9.84 Å². The third kappa shape index (κ3) is 4.89. The first-order valence-corrected chi connectivity index (χ1v) is 9.21. The molecule has 2 aromatic carbocycles. The summed E-state index contributed by atoms with van der Waals surface area (Å²) in [5.41, 5.74) is 3.67. The third-order valence-corrected chi connectivity index (χ3v) is 4.71. The Labute approximate surface area is 150 Å². The maximum atomic E-state index is 8.79. The van der Waals surface area contributed by atoms with E-state index in [1.807, 2.05) is 24.3 Å². The smallest absolute Gasteiger partial charge is 0.119 e. The minimum atomic E-state index is 0.0322. The van der Waals surface area contributed by atoms with E-state index in [1.54, 1.807) is 0 Å². The molecule has 4 heteroatoms. The van der Waals surface area contributed by atoms with Gasteiger partial charge in [0.05, 0.1) is 6.61 Å². The highest BCUT2D eigenvalue weighted by molar-refractivity contribution is 5.51. The van der Waals surface area contributed by atoms with Gasteiger partial charge in [0.15, 0.2) is 0 Å². The van der Waals surface area contributed by atoms with Crippen LogP contribution in [0.1, 0.15) is 37.8 Å². The van der Waals surface area contributed by atoms with Gasteiger partial charge in [0, 0.05) is 30.5 Å². The van der Waals surface area contributed by atoms with E-state index in [2.05, 4.69) is 41.4 Å². The predicted octanol–water partition coefficient (Wildman–Crippen LogP) is 4.22. The third-order valence-electron chi connectivity index (χ3n) is 4.71. The van der Waals surface area contributed by atoms with E-state index >= 15 is 0 Å². The maximum Gasteiger partial charge on any atom is 0.119 e. The standard InChI is InChI=1S/C21H28N2O2/c1-17(22-19-7-11-21(12-8-19)25-16-15-24)18-5-9-20(10-6-18)23-13-3-2-4-14-23/h5-12,17,22,24H,2-4,13-16H2,1H3. The molecule has 25 heavy (non-hydrogen) atoms. The van der Waals surface area contributed by atoms with Crippen LogP contribution in [0.15, 0.2) is 48.5 Å². The van der Waals surface area contributed by atoms with Crippen LogP contribution in [0.4, 0.5) is 11.4 Å². The van der Waals surface area contributed by atoms with Gasteiger partial charge in [-0.05, 0) is 68.1 Å². The molecule has 1 fully saturated rings. The Kier molecular flexibility index (Phi) is 6.18. The lowest BCUT2D eigenvalue weighted by Gasteiger charge is -2.29. The summed E-state index contributed by atoms with van der Waals surface area (Å²) in [6.45, 7) is 4.89. The molecule has 0 saturated carbocycles. The number of aliphatic hydroxyl groups is 1. The van der Waals surface area contributed by atoms with Crippen LogP contribution in [-0.4, -0.2) is 31.4 Å². The Morgan fingerprint density at radius 3 is 2.32 bits per heavy atom. The topological polar surface area (TPSA) is 44.7 Å². The van der Waals surface area contributed by atoms with Crippen LogP contribution in [0.5, 0.6) is 5.75 Å². The second kappa shape index (κ2) is 8.77. The van der Waals surface area contributed by atoms with Crippen molar-refractivity contribution in [2.45, 2.75) is 32.2 Å². The molecule has 4 nitrogen and oxygen atoms in total. The molecule has 3 rings (SSSR count). The number of hydrogen-bond acceptors (Lipinski definition) is 4. The zero-order chi connectivity index (χ0) is 17.5. The first-order valence-electron chi connectivity index (χ1n) is 9.21. The van der Waals surface area contributed by atoms with Crippen molar-refractivity contribution < 1.29 is 9.84 Å². The minimum Gasteiger partial charge on any atom is -0.491 e. The van der Waals surface area contributed by atoms with E-state index in [9.17, 15) is 0 Å². The van der Waals surface area contributed by atoms with Crippen LogP contribution >= 0.6 is 0 Å². The van der Waals surface area contributed by atoms with Gasteiger partial charge in [-0.2, -0.15) is 0 Å². The Bertz CT molecular complexity index is 634. The van der Waals surface area contributed by atoms with Gasteiger partial charge in [0.25, 0.3) is 0 Å². The molecule has 2 aromatic rings. The summed E-state index contributed by atoms with van der Waals surface area (Å²) in [6.07, 6.45) is 3.97. The Balaban J connectivity index is 1.57. The summed E-state index contributed by atoms with van der Waals surface area (Å²) in [5, 5.41) is 12.3. The van der Waals surface area contributed by atoms with Crippen molar-refractivity contribution in [1.29, 1.82) is 0 Å². The van der Waals surface area contributed by atoms with Gasteiger partial charge < -0.3 is 20.1 Å². The van der Waals surface area contributed by atoms with Crippen LogP contribution < -0.4 is 15.0 Å². The van der Waals surface area contributed by atoms with Crippen molar-refractivity contribution in [3.63, 3.8) is 0 Å². The number of aliphatic hydroxyl groups excluding tert-OH is 1. The fraction of sp³-hybridized carbons (Fsp3) is 0.429. The lowest BCUT2D eigenvalue weighted by Crippen LogP contribution is -2.29. The normalized spacial score (nSPS) is 15.7. The number of nitrogens with one attached hydrogen (secondary N) is 1. The van der Waals surface area contributed by atoms with Crippen molar-refractivity contribution in [2.24, 2.45) is 0 Å². The highest BCUT2D eigenvalue weighted by Gasteiger charge is 2.12. The van der Waals surface area contributed by atoms with Gasteiger partial charge in [-0.25, -0.2) is 0 Å². The van der Waals surface area contributed by atoms with Crippen molar-refractivity contribution in [3.8, 4) is 5.75 Å². The number of rotatable bonds is 7. The first-order chi connectivity index (χ1) is 12.3. The number of piperidine rings is 1. The number of nitrogens with zero attached hydrogens (tertiary/aromatic N) is 1. The van der Waals surface area contributed by atoms with Crippen LogP contribution in [0.3, 0.4) is 0 Å². The Hall–Kier alpha value is -2.20. The average Bonchev–Trinajstić information content (AvgIpc) is 2.68. The molecule has 1 aliphatic heterocycles. The first kappa shape index (κ1) is 17.6. The van der Waals surface area contributed by atoms with Gasteiger partial charge in [-0.3, -0.25) is 0 Å². The second-order valence-corrected chi connectivity index (χ2v) is 6.60. The van der Waals surface area contributed by atoms with Crippen molar-refractivity contribution in [2.75, 3.05) is 36.5 Å². The summed E-state index contributed by atoms with van der Waals surface area (Å²) >= 11 is 0. The second-order valence-electron chi connectivity index (χ2n) is 6.60. The summed E-state index contributed by atoms with van der Waals surface area (Å²) in [6, 6.07) is 17.0. The van der Waals surface area contributed by atoms with Crippen LogP contribution in [0, 0.1) is 0 Å². The van der Waals surface area contributed by atoms with Crippen LogP contribution in [0.25, 0.3) is 0 Å². The zero-order valence-corrected chi connectivity index (χ0v) is 14.9. The Morgan fingerprint density at radius 1 is 1.00 bits per heavy atom. The SMILES string of the molecule is CC(Nc1ccc(OCCO)cc1)c1ccc(N2CCCCC2)cc1. The fourth-order valence-corrected chi connectivity index (χ4v) is 3.27. The van der Waals surface area contributed by atoms with E-state index in [0.29, 0.717) is 6.61 Å². The summed E-state index contributed by atoms with van der Waals surface area (Å²) in [7, 11) is 0. The highest BCUT2D eigenvalue weighted by atomic mass is 16.5. The molecule has 0 radical (unpaired) electrons. The number of benzene rings is 2. The fourth-order valence-electron chi connectivity index (χ4n) is 3.27. The lowest BCUT2D eigenvalue weighted by molar-refractivity contribution is 0.201. The zero-order valence-electron chi connectivity index (χ0n) is 14.9. The molecule has 0 bridgehead atoms. The van der Waals surface area contributed by atoms with E-state index in [1.165, 1.54) is 43.6 Å². The highest BCUT2D eigenvalue weighted by Crippen LogP contribution is 2.25. The predicted molar refractivity (Wildman–Crippen MR) is 104 cm³/mol. The average molecular weight is 340 g/mol. The molecule has 0 aliphatic carbocycles. The molecule has 134 valence electrons. The lowest BCUT2D eigenvalue weighted by atomic mass is 10.1. The number of anilines is 2. The Morgan fingerprint density at radius 2 is 1.68 bits per heavy atom. The van der Waals surface area contributed by atoms with Gasteiger partial charge in [0.2, 0.25) is 0 Å². The van der Waals surface area contributed by atoms with Crippen LogP contribution in [-0.2, 0) is 0 Å². The van der Waals surface area contributed by atoms with Crippen LogP contribution in [0.2, 0.25) is 0 Å². The molecule has 1 unspecified atom stereocenters. The molecule has 1 saturated heterocycles. The maximum absolute atomic E-state index is 8.79. The molecule has 1 aliphatic rings. The van der Waals surface area contributed by atoms with E-state index in [0.717, 1.165) is 11.4 Å². The monoisotopic (exact) mass is 340 g/mol. The molecule has 1 heterocycles. The largest absolute Gasteiger partial charge is 0.491 e.